The van der Waals surface area contributed by atoms with Crippen LogP contribution in [0.3, 0.4) is 0 Å². The molecular formula is C19H11N3O3S. The molecule has 7 heteroatoms. The molecule has 1 N–H and O–H groups in total. The lowest BCUT2D eigenvalue weighted by Gasteiger charge is -2.07. The van der Waals surface area contributed by atoms with Crippen molar-refractivity contribution in [2.45, 2.75) is 0 Å². The number of hydrogen-bond acceptors (Lipinski definition) is 7. The van der Waals surface area contributed by atoms with Gasteiger partial charge >= 0.3 is 11.6 Å². The van der Waals surface area contributed by atoms with Crippen LogP contribution in [0.4, 0.5) is 11.7 Å². The Hall–Kier alpha value is -3.63. The van der Waals surface area contributed by atoms with Gasteiger partial charge in [-0.2, -0.15) is 10.2 Å². The molecule has 0 saturated carbocycles. The number of benzene rings is 2. The molecule has 4 aromatic rings. The second-order valence-electron chi connectivity index (χ2n) is 5.31. The molecule has 26 heavy (non-hydrogen) atoms. The Morgan fingerprint density at radius 1 is 1.08 bits per heavy atom. The summed E-state index contributed by atoms with van der Waals surface area (Å²) in [4.78, 5) is 17.1. The molecule has 6 nitrogen and oxygen atoms in total. The average Bonchev–Trinajstić information content (AvgIpc) is 3.08. The lowest BCUT2D eigenvalue weighted by molar-refractivity contribution is 0.482. The molecule has 0 aliphatic rings. The predicted molar refractivity (Wildman–Crippen MR) is 99.1 cm³/mol. The highest BCUT2D eigenvalue weighted by atomic mass is 32.1. The van der Waals surface area contributed by atoms with Crippen LogP contribution >= 0.6 is 11.3 Å². The third-order valence-electron chi connectivity index (χ3n) is 3.52. The van der Waals surface area contributed by atoms with E-state index in [2.05, 4.69) is 10.3 Å². The van der Waals surface area contributed by atoms with Gasteiger partial charge in [-0.25, -0.2) is 4.79 Å². The van der Waals surface area contributed by atoms with E-state index in [0.717, 1.165) is 17.1 Å². The van der Waals surface area contributed by atoms with E-state index in [0.29, 0.717) is 26.5 Å². The molecule has 0 radical (unpaired) electrons. The molecule has 126 valence electrons. The fraction of sp³-hybridized carbons (Fsp3) is 0. The topological polar surface area (TPSA) is 88.2 Å². The van der Waals surface area contributed by atoms with Crippen molar-refractivity contribution in [3.8, 4) is 17.6 Å². The Kier molecular flexibility index (Phi) is 4.09. The third kappa shape index (κ3) is 3.27. The summed E-state index contributed by atoms with van der Waals surface area (Å²) in [5.41, 5.74) is 0.164. The molecule has 0 amide bonds. The maximum absolute atomic E-state index is 12.0. The molecular weight excluding hydrogens is 350 g/mol. The van der Waals surface area contributed by atoms with Gasteiger partial charge in [0.15, 0.2) is 0 Å². The van der Waals surface area contributed by atoms with Crippen LogP contribution in [0.5, 0.6) is 11.5 Å². The summed E-state index contributed by atoms with van der Waals surface area (Å²) in [6.45, 7) is 0. The SMILES string of the molecule is N#Cc1cc2c(=O)oc(Nc3ccc(Oc4ccccc4)cc3)nc2s1. The fourth-order valence-corrected chi connectivity index (χ4v) is 3.14. The van der Waals surface area contributed by atoms with E-state index >= 15 is 0 Å². The maximum atomic E-state index is 12.0. The zero-order chi connectivity index (χ0) is 17.9. The summed E-state index contributed by atoms with van der Waals surface area (Å²) < 4.78 is 10.9. The van der Waals surface area contributed by atoms with Crippen LogP contribution in [-0.2, 0) is 0 Å². The first-order chi connectivity index (χ1) is 12.7. The molecule has 4 rings (SSSR count). The molecule has 0 atom stereocenters. The van der Waals surface area contributed by atoms with Crippen LogP contribution in [0.25, 0.3) is 10.2 Å². The molecule has 2 aromatic heterocycles. The molecule has 0 fully saturated rings. The summed E-state index contributed by atoms with van der Waals surface area (Å²) in [5, 5.41) is 12.2. The van der Waals surface area contributed by atoms with Gasteiger partial charge in [-0.3, -0.25) is 0 Å². The highest BCUT2D eigenvalue weighted by molar-refractivity contribution is 7.19. The summed E-state index contributed by atoms with van der Waals surface area (Å²) in [5.74, 6) is 1.43. The van der Waals surface area contributed by atoms with Gasteiger partial charge in [0.2, 0.25) is 0 Å². The Labute approximate surface area is 151 Å². The van der Waals surface area contributed by atoms with Crippen LogP contribution < -0.4 is 15.7 Å². The number of nitriles is 1. The number of para-hydroxylation sites is 1. The van der Waals surface area contributed by atoms with Gasteiger partial charge in [0.25, 0.3) is 0 Å². The predicted octanol–water partition coefficient (Wildman–Crippen LogP) is 4.66. The van der Waals surface area contributed by atoms with Gasteiger partial charge in [0, 0.05) is 5.69 Å². The van der Waals surface area contributed by atoms with Gasteiger partial charge in [-0.05, 0) is 42.5 Å². The minimum absolute atomic E-state index is 0.0746. The summed E-state index contributed by atoms with van der Waals surface area (Å²) >= 11 is 1.15. The monoisotopic (exact) mass is 361 g/mol. The van der Waals surface area contributed by atoms with E-state index in [1.165, 1.54) is 6.07 Å². The van der Waals surface area contributed by atoms with E-state index < -0.39 is 5.63 Å². The highest BCUT2D eigenvalue weighted by Crippen LogP contribution is 2.25. The smallest absolute Gasteiger partial charge is 0.349 e. The maximum Gasteiger partial charge on any atom is 0.349 e. The Morgan fingerprint density at radius 2 is 1.81 bits per heavy atom. The minimum Gasteiger partial charge on any atom is -0.457 e. The summed E-state index contributed by atoms with van der Waals surface area (Å²) in [6, 6.07) is 20.2. The van der Waals surface area contributed by atoms with Crippen LogP contribution in [0.2, 0.25) is 0 Å². The molecule has 2 heterocycles. The molecule has 0 bridgehead atoms. The van der Waals surface area contributed by atoms with Crippen molar-refractivity contribution in [1.82, 2.24) is 4.98 Å². The van der Waals surface area contributed by atoms with E-state index in [-0.39, 0.29) is 6.01 Å². The standard InChI is InChI=1S/C19H11N3O3S/c20-11-15-10-16-17(26-15)22-19(25-18(16)23)21-12-6-8-14(9-7-12)24-13-4-2-1-3-5-13/h1-10H,(H,21,22). The fourth-order valence-electron chi connectivity index (χ4n) is 2.33. The number of nitrogens with zero attached hydrogens (tertiary/aromatic N) is 2. The first kappa shape index (κ1) is 15.9. The number of rotatable bonds is 4. The Bertz CT molecular complexity index is 1160. The molecule has 0 aliphatic heterocycles. The van der Waals surface area contributed by atoms with Crippen LogP contribution in [-0.4, -0.2) is 4.98 Å². The quantitative estimate of drug-likeness (QED) is 0.569. The van der Waals surface area contributed by atoms with Crippen molar-refractivity contribution in [3.05, 3.63) is 76.0 Å². The number of hydrogen-bond donors (Lipinski definition) is 1. The van der Waals surface area contributed by atoms with Crippen LogP contribution in [0.1, 0.15) is 4.88 Å². The van der Waals surface area contributed by atoms with Crippen molar-refractivity contribution < 1.29 is 9.15 Å². The van der Waals surface area contributed by atoms with E-state index in [1.54, 1.807) is 24.3 Å². The lowest BCUT2D eigenvalue weighted by Crippen LogP contribution is -2.03. The molecule has 0 unspecified atom stereocenters. The van der Waals surface area contributed by atoms with Gasteiger partial charge in [-0.1, -0.05) is 18.2 Å². The number of fused-ring (bicyclic) bond motifs is 1. The van der Waals surface area contributed by atoms with Gasteiger partial charge in [-0.15, -0.1) is 11.3 Å². The minimum atomic E-state index is -0.528. The molecule has 2 aromatic carbocycles. The third-order valence-corrected chi connectivity index (χ3v) is 4.45. The Morgan fingerprint density at radius 3 is 2.54 bits per heavy atom. The van der Waals surface area contributed by atoms with Crippen molar-refractivity contribution in [3.63, 3.8) is 0 Å². The average molecular weight is 361 g/mol. The lowest BCUT2D eigenvalue weighted by atomic mass is 10.3. The number of aromatic nitrogens is 1. The van der Waals surface area contributed by atoms with E-state index in [1.807, 2.05) is 36.4 Å². The number of ether oxygens (including phenoxy) is 1. The normalized spacial score (nSPS) is 10.4. The van der Waals surface area contributed by atoms with Crippen LogP contribution in [0.15, 0.2) is 69.9 Å². The highest BCUT2D eigenvalue weighted by Gasteiger charge is 2.11. The largest absolute Gasteiger partial charge is 0.457 e. The van der Waals surface area contributed by atoms with Crippen molar-refractivity contribution >= 4 is 33.3 Å². The van der Waals surface area contributed by atoms with Gasteiger partial charge < -0.3 is 14.5 Å². The van der Waals surface area contributed by atoms with Crippen molar-refractivity contribution in [2.24, 2.45) is 0 Å². The van der Waals surface area contributed by atoms with E-state index in [9.17, 15) is 4.79 Å². The zero-order valence-electron chi connectivity index (χ0n) is 13.3. The first-order valence-corrected chi connectivity index (χ1v) is 8.48. The first-order valence-electron chi connectivity index (χ1n) is 7.66. The molecule has 0 aliphatic carbocycles. The van der Waals surface area contributed by atoms with Gasteiger partial charge in [0.1, 0.15) is 27.3 Å². The second kappa shape index (κ2) is 6.70. The number of nitrogens with one attached hydrogen (secondary N) is 1. The van der Waals surface area contributed by atoms with Gasteiger partial charge in [0.05, 0.1) is 5.39 Å². The number of anilines is 2. The van der Waals surface area contributed by atoms with E-state index in [4.69, 9.17) is 14.4 Å². The summed E-state index contributed by atoms with van der Waals surface area (Å²) in [7, 11) is 0. The Balaban J connectivity index is 1.55. The number of thiophene rings is 1. The zero-order valence-corrected chi connectivity index (χ0v) is 14.1. The molecule has 0 saturated heterocycles. The van der Waals surface area contributed by atoms with Crippen LogP contribution in [0, 0.1) is 11.3 Å². The summed E-state index contributed by atoms with van der Waals surface area (Å²) in [6.07, 6.45) is 0. The van der Waals surface area contributed by atoms with Crippen molar-refractivity contribution in [2.75, 3.05) is 5.32 Å². The molecule has 0 spiro atoms. The van der Waals surface area contributed by atoms with Crippen molar-refractivity contribution in [1.29, 1.82) is 5.26 Å². The second-order valence-corrected chi connectivity index (χ2v) is 6.34.